The summed E-state index contributed by atoms with van der Waals surface area (Å²) in [5.74, 6) is 11.2. The Morgan fingerprint density at radius 2 is 2.03 bits per heavy atom. The van der Waals surface area contributed by atoms with E-state index in [1.165, 1.54) is 0 Å². The quantitative estimate of drug-likeness (QED) is 0.249. The fourth-order valence-electron chi connectivity index (χ4n) is 3.35. The van der Waals surface area contributed by atoms with Crippen LogP contribution in [0.25, 0.3) is 0 Å². The number of carbonyl (C=O) groups is 1. The molecule has 1 aromatic rings. The predicted molar refractivity (Wildman–Crippen MR) is 121 cm³/mol. The molecule has 10 heteroatoms. The third-order valence-corrected chi connectivity index (χ3v) is 7.47. The van der Waals surface area contributed by atoms with Gasteiger partial charge in [-0.3, -0.25) is 9.00 Å². The van der Waals surface area contributed by atoms with Gasteiger partial charge in [0.1, 0.15) is 11.9 Å². The number of nitrogens with zero attached hydrogens (tertiary/aromatic N) is 2. The Kier molecular flexibility index (Phi) is 8.66. The third kappa shape index (κ3) is 5.94. The number of hydrazone groups is 1. The lowest BCUT2D eigenvalue weighted by Gasteiger charge is -2.44. The van der Waals surface area contributed by atoms with Gasteiger partial charge in [-0.05, 0) is 44.9 Å². The summed E-state index contributed by atoms with van der Waals surface area (Å²) in [5.41, 5.74) is 3.30. The number of ether oxygens (including phenoxy) is 1. The average Bonchev–Trinajstić information content (AvgIpc) is 2.71. The van der Waals surface area contributed by atoms with Gasteiger partial charge in [-0.15, -0.1) is 0 Å². The van der Waals surface area contributed by atoms with Crippen molar-refractivity contribution in [2.45, 2.75) is 63.5 Å². The molecule has 1 heterocycles. The third-order valence-electron chi connectivity index (χ3n) is 5.17. The number of nitrogens with one attached hydrogen (secondary N) is 1. The highest BCUT2D eigenvalue weighted by Crippen LogP contribution is 2.32. The minimum atomic E-state index is -1.12. The summed E-state index contributed by atoms with van der Waals surface area (Å²) in [6, 6.07) is 6.83. The number of halogens is 1. The maximum atomic E-state index is 13.5. The van der Waals surface area contributed by atoms with E-state index in [0.29, 0.717) is 23.8 Å². The molecule has 0 saturated carbocycles. The van der Waals surface area contributed by atoms with E-state index < -0.39 is 16.9 Å². The fraction of sp³-hybridized carbons (Fsp3) is 0.600. The number of morpholine rings is 1. The summed E-state index contributed by atoms with van der Waals surface area (Å²) in [7, 11) is -1.12. The molecule has 1 fully saturated rings. The molecular weight excluding hydrogens is 426 g/mol. The lowest BCUT2D eigenvalue weighted by atomic mass is 9.99. The van der Waals surface area contributed by atoms with Crippen molar-refractivity contribution in [3.8, 4) is 0 Å². The number of amidine groups is 1. The highest BCUT2D eigenvalue weighted by molar-refractivity contribution is 7.86. The zero-order valence-corrected chi connectivity index (χ0v) is 19.5. The second-order valence-corrected chi connectivity index (χ2v) is 10.9. The van der Waals surface area contributed by atoms with Gasteiger partial charge >= 0.3 is 0 Å². The van der Waals surface area contributed by atoms with E-state index in [1.54, 1.807) is 12.1 Å². The molecule has 1 saturated heterocycles. The maximum absolute atomic E-state index is 13.5. The Balaban J connectivity index is 2.38. The normalized spacial score (nSPS) is 22.7. The summed E-state index contributed by atoms with van der Waals surface area (Å²) in [5, 5.41) is 4.17. The summed E-state index contributed by atoms with van der Waals surface area (Å²) in [4.78, 5) is 15.3. The molecule has 2 rings (SSSR count). The predicted octanol–water partition coefficient (Wildman–Crippen LogP) is 2.06. The van der Waals surface area contributed by atoms with Crippen LogP contribution in [0.1, 0.15) is 52.1 Å². The molecule has 168 valence electrons. The average molecular weight is 458 g/mol. The lowest BCUT2D eigenvalue weighted by molar-refractivity contribution is -0.162. The fourth-order valence-corrected chi connectivity index (χ4v) is 4.72. The van der Waals surface area contributed by atoms with E-state index >= 15 is 0 Å². The smallest absolute Gasteiger partial charge is 0.253 e. The first-order chi connectivity index (χ1) is 14.1. The van der Waals surface area contributed by atoms with Gasteiger partial charge in [-0.1, -0.05) is 30.7 Å². The first kappa shape index (κ1) is 24.6. The number of hydrazine groups is 1. The molecule has 1 aliphatic heterocycles. The van der Waals surface area contributed by atoms with Gasteiger partial charge in [-0.25, -0.2) is 5.84 Å². The number of benzene rings is 1. The SMILES string of the molecule is CCC(CS(=O)C(C)(C)C)N1C(=O)C(C/C(=N/N)NN)OCC1c1ccc(Cl)cc1. The minimum absolute atomic E-state index is 0.133. The standard InChI is InChI=1S/C20H32ClN5O3S/c1-5-15(12-30(28)20(2,3)4)26-16(13-6-8-14(21)9-7-13)11-29-17(19(26)27)10-18(24-22)25-23/h6-9,15-17H,5,10-12,22-23H2,1-4H3,(H,24,25). The van der Waals surface area contributed by atoms with Gasteiger partial charge in [-0.2, -0.15) is 5.10 Å². The van der Waals surface area contributed by atoms with Crippen LogP contribution in [-0.2, 0) is 20.3 Å². The van der Waals surface area contributed by atoms with Crippen LogP contribution < -0.4 is 17.1 Å². The van der Waals surface area contributed by atoms with Gasteiger partial charge in [0.2, 0.25) is 0 Å². The molecule has 4 unspecified atom stereocenters. The maximum Gasteiger partial charge on any atom is 0.253 e. The first-order valence-electron chi connectivity index (χ1n) is 9.93. The van der Waals surface area contributed by atoms with Crippen LogP contribution in [-0.4, -0.2) is 50.1 Å². The summed E-state index contributed by atoms with van der Waals surface area (Å²) >= 11 is 6.04. The van der Waals surface area contributed by atoms with Crippen LogP contribution in [0.5, 0.6) is 0 Å². The van der Waals surface area contributed by atoms with Gasteiger partial charge in [0, 0.05) is 38.8 Å². The van der Waals surface area contributed by atoms with Crippen LogP contribution in [0, 0.1) is 0 Å². The second-order valence-electron chi connectivity index (χ2n) is 8.25. The molecule has 0 aromatic heterocycles. The van der Waals surface area contributed by atoms with Crippen LogP contribution in [0.2, 0.25) is 5.02 Å². The Bertz CT molecular complexity index is 782. The van der Waals surface area contributed by atoms with Crippen molar-refractivity contribution in [1.82, 2.24) is 10.3 Å². The van der Waals surface area contributed by atoms with Crippen molar-refractivity contribution in [3.05, 3.63) is 34.9 Å². The van der Waals surface area contributed by atoms with Crippen molar-refractivity contribution in [3.63, 3.8) is 0 Å². The second kappa shape index (κ2) is 10.6. The molecular formula is C20H32ClN5O3S. The summed E-state index contributed by atoms with van der Waals surface area (Å²) in [6.45, 7) is 8.10. The van der Waals surface area contributed by atoms with Crippen LogP contribution in [0.4, 0.5) is 0 Å². The van der Waals surface area contributed by atoms with Crippen molar-refractivity contribution in [1.29, 1.82) is 0 Å². The van der Waals surface area contributed by atoms with Gasteiger partial charge in [0.25, 0.3) is 5.91 Å². The molecule has 0 radical (unpaired) electrons. The van der Waals surface area contributed by atoms with Gasteiger partial charge < -0.3 is 20.9 Å². The molecule has 0 spiro atoms. The number of carbonyl (C=O) groups excluding carboxylic acids is 1. The van der Waals surface area contributed by atoms with E-state index in [-0.39, 0.29) is 35.0 Å². The number of nitrogens with two attached hydrogens (primary N) is 2. The first-order valence-corrected chi connectivity index (χ1v) is 11.6. The molecule has 1 aromatic carbocycles. The Morgan fingerprint density at radius 3 is 2.53 bits per heavy atom. The Hall–Kier alpha value is -1.68. The molecule has 1 aliphatic rings. The number of hydrogen-bond acceptors (Lipinski definition) is 6. The van der Waals surface area contributed by atoms with Crippen LogP contribution in [0.15, 0.2) is 29.4 Å². The van der Waals surface area contributed by atoms with E-state index in [2.05, 4.69) is 10.5 Å². The minimum Gasteiger partial charge on any atom is -0.365 e. The van der Waals surface area contributed by atoms with Crippen LogP contribution >= 0.6 is 11.6 Å². The number of rotatable bonds is 7. The van der Waals surface area contributed by atoms with E-state index in [1.807, 2.05) is 44.7 Å². The highest BCUT2D eigenvalue weighted by atomic mass is 35.5. The molecule has 1 amide bonds. The van der Waals surface area contributed by atoms with Crippen molar-refractivity contribution in [2.24, 2.45) is 16.8 Å². The van der Waals surface area contributed by atoms with E-state index in [9.17, 15) is 9.00 Å². The van der Waals surface area contributed by atoms with Crippen molar-refractivity contribution >= 4 is 34.1 Å². The zero-order chi connectivity index (χ0) is 22.5. The van der Waals surface area contributed by atoms with Gasteiger partial charge in [0.15, 0.2) is 0 Å². The summed E-state index contributed by atoms with van der Waals surface area (Å²) in [6.07, 6.45) is 0.0234. The largest absolute Gasteiger partial charge is 0.365 e. The number of amides is 1. The van der Waals surface area contributed by atoms with Gasteiger partial charge in [0.05, 0.1) is 12.6 Å². The monoisotopic (exact) mass is 457 g/mol. The van der Waals surface area contributed by atoms with E-state index in [0.717, 1.165) is 5.56 Å². The number of hydrogen-bond donors (Lipinski definition) is 3. The molecule has 4 atom stereocenters. The van der Waals surface area contributed by atoms with Crippen LogP contribution in [0.3, 0.4) is 0 Å². The molecule has 8 nitrogen and oxygen atoms in total. The lowest BCUT2D eigenvalue weighted by Crippen LogP contribution is -2.56. The molecule has 5 N–H and O–H groups in total. The van der Waals surface area contributed by atoms with E-state index in [4.69, 9.17) is 28.0 Å². The Labute approximate surface area is 185 Å². The Morgan fingerprint density at radius 1 is 1.40 bits per heavy atom. The highest BCUT2D eigenvalue weighted by Gasteiger charge is 2.41. The van der Waals surface area contributed by atoms with Crippen molar-refractivity contribution in [2.75, 3.05) is 12.4 Å². The zero-order valence-electron chi connectivity index (χ0n) is 17.9. The summed E-state index contributed by atoms with van der Waals surface area (Å²) < 4.78 is 18.4. The topological polar surface area (TPSA) is 123 Å². The molecule has 0 aliphatic carbocycles. The molecule has 30 heavy (non-hydrogen) atoms. The van der Waals surface area contributed by atoms with Crippen molar-refractivity contribution < 1.29 is 13.7 Å². The molecule has 0 bridgehead atoms.